The third-order valence-corrected chi connectivity index (χ3v) is 4.60. The van der Waals surface area contributed by atoms with E-state index in [1.54, 1.807) is 17.5 Å². The Kier molecular flexibility index (Phi) is 4.26. The Morgan fingerprint density at radius 1 is 1.23 bits per heavy atom. The summed E-state index contributed by atoms with van der Waals surface area (Å²) in [7, 11) is 0. The smallest absolute Gasteiger partial charge is 0.273 e. The van der Waals surface area contributed by atoms with Crippen LogP contribution in [0.25, 0.3) is 0 Å². The molecule has 1 aliphatic rings. The second kappa shape index (κ2) is 6.33. The third kappa shape index (κ3) is 3.05. The van der Waals surface area contributed by atoms with Crippen molar-refractivity contribution in [3.8, 4) is 5.75 Å². The first-order chi connectivity index (χ1) is 10.7. The minimum atomic E-state index is -0.0266. The lowest BCUT2D eigenvalue weighted by Crippen LogP contribution is -2.48. The Morgan fingerprint density at radius 3 is 2.50 bits per heavy atom. The van der Waals surface area contributed by atoms with Crippen LogP contribution >= 0.6 is 11.3 Å². The highest BCUT2D eigenvalue weighted by Gasteiger charge is 2.23. The van der Waals surface area contributed by atoms with Crippen LogP contribution in [0.4, 0.5) is 5.69 Å². The summed E-state index contributed by atoms with van der Waals surface area (Å²) in [4.78, 5) is 20.7. The number of carbonyl (C=O) groups is 1. The molecule has 3 rings (SSSR count). The molecule has 116 valence electrons. The maximum absolute atomic E-state index is 12.4. The molecule has 2 heterocycles. The van der Waals surface area contributed by atoms with E-state index in [9.17, 15) is 9.90 Å². The molecule has 1 aromatic carbocycles. The van der Waals surface area contributed by atoms with Gasteiger partial charge in [0.25, 0.3) is 5.91 Å². The van der Waals surface area contributed by atoms with Crippen LogP contribution in [0.3, 0.4) is 0 Å². The molecule has 1 amide bonds. The highest BCUT2D eigenvalue weighted by molar-refractivity contribution is 7.09. The zero-order valence-electron chi connectivity index (χ0n) is 12.1. The van der Waals surface area contributed by atoms with Crippen molar-refractivity contribution < 1.29 is 9.90 Å². The van der Waals surface area contributed by atoms with Gasteiger partial charge in [0, 0.05) is 43.8 Å². The summed E-state index contributed by atoms with van der Waals surface area (Å²) in [6.07, 6.45) is 0. The number of phenols is 1. The SMILES string of the molecule is NCc1nc(C(=O)N2CCN(c3ccc(O)cc3)CC2)cs1. The second-order valence-corrected chi connectivity index (χ2v) is 6.07. The molecule has 0 atom stereocenters. The number of phenolic OH excluding ortho intramolecular Hbond substituents is 1. The fraction of sp³-hybridized carbons (Fsp3) is 0.333. The van der Waals surface area contributed by atoms with Crippen LogP contribution in [0, 0.1) is 0 Å². The molecule has 1 saturated heterocycles. The molecule has 0 spiro atoms. The van der Waals surface area contributed by atoms with Gasteiger partial charge in [0.2, 0.25) is 0 Å². The normalized spacial score (nSPS) is 15.1. The second-order valence-electron chi connectivity index (χ2n) is 5.13. The molecule has 22 heavy (non-hydrogen) atoms. The Balaban J connectivity index is 1.61. The van der Waals surface area contributed by atoms with E-state index in [4.69, 9.17) is 5.73 Å². The minimum Gasteiger partial charge on any atom is -0.508 e. The molecular weight excluding hydrogens is 300 g/mol. The van der Waals surface area contributed by atoms with Crippen molar-refractivity contribution in [3.05, 3.63) is 40.3 Å². The summed E-state index contributed by atoms with van der Waals surface area (Å²) in [5, 5.41) is 11.9. The van der Waals surface area contributed by atoms with Crippen molar-refractivity contribution in [3.63, 3.8) is 0 Å². The van der Waals surface area contributed by atoms with Crippen LogP contribution in [0.5, 0.6) is 5.75 Å². The zero-order valence-corrected chi connectivity index (χ0v) is 12.9. The number of rotatable bonds is 3. The van der Waals surface area contributed by atoms with Gasteiger partial charge in [-0.25, -0.2) is 4.98 Å². The van der Waals surface area contributed by atoms with E-state index >= 15 is 0 Å². The molecule has 0 bridgehead atoms. The zero-order chi connectivity index (χ0) is 15.5. The minimum absolute atomic E-state index is 0.0266. The summed E-state index contributed by atoms with van der Waals surface area (Å²) in [6.45, 7) is 3.23. The van der Waals surface area contributed by atoms with Gasteiger partial charge in [-0.1, -0.05) is 0 Å². The predicted molar refractivity (Wildman–Crippen MR) is 86.2 cm³/mol. The molecule has 1 aromatic heterocycles. The number of benzene rings is 1. The molecule has 0 radical (unpaired) electrons. The van der Waals surface area contributed by atoms with Gasteiger partial charge in [0.15, 0.2) is 0 Å². The maximum atomic E-state index is 12.4. The summed E-state index contributed by atoms with van der Waals surface area (Å²) in [6, 6.07) is 7.13. The number of hydrogen-bond acceptors (Lipinski definition) is 6. The van der Waals surface area contributed by atoms with Crippen LogP contribution in [0.1, 0.15) is 15.5 Å². The fourth-order valence-corrected chi connectivity index (χ4v) is 3.14. The Morgan fingerprint density at radius 2 is 1.91 bits per heavy atom. The fourth-order valence-electron chi connectivity index (χ4n) is 2.50. The number of anilines is 1. The maximum Gasteiger partial charge on any atom is 0.273 e. The first-order valence-corrected chi connectivity index (χ1v) is 8.03. The monoisotopic (exact) mass is 318 g/mol. The molecular formula is C15H18N4O2S. The topological polar surface area (TPSA) is 82.7 Å². The highest BCUT2D eigenvalue weighted by Crippen LogP contribution is 2.20. The number of amides is 1. The van der Waals surface area contributed by atoms with Gasteiger partial charge in [0.05, 0.1) is 0 Å². The van der Waals surface area contributed by atoms with E-state index in [0.29, 0.717) is 25.3 Å². The number of carbonyl (C=O) groups excluding carboxylic acids is 1. The lowest BCUT2D eigenvalue weighted by molar-refractivity contribution is 0.0741. The van der Waals surface area contributed by atoms with E-state index < -0.39 is 0 Å². The van der Waals surface area contributed by atoms with Crippen molar-refractivity contribution >= 4 is 22.9 Å². The van der Waals surface area contributed by atoms with Gasteiger partial charge in [-0.2, -0.15) is 0 Å². The van der Waals surface area contributed by atoms with E-state index in [0.717, 1.165) is 23.8 Å². The first kappa shape index (κ1) is 14.8. The van der Waals surface area contributed by atoms with Crippen molar-refractivity contribution in [2.24, 2.45) is 5.73 Å². The number of aromatic nitrogens is 1. The van der Waals surface area contributed by atoms with Crippen LogP contribution in [-0.4, -0.2) is 47.1 Å². The van der Waals surface area contributed by atoms with Crippen molar-refractivity contribution in [1.29, 1.82) is 0 Å². The molecule has 0 unspecified atom stereocenters. The summed E-state index contributed by atoms with van der Waals surface area (Å²) >= 11 is 1.42. The van der Waals surface area contributed by atoms with Crippen LogP contribution < -0.4 is 10.6 Å². The Labute approximate surface area is 132 Å². The Hall–Kier alpha value is -2.12. The third-order valence-electron chi connectivity index (χ3n) is 3.73. The number of nitrogens with zero attached hydrogens (tertiary/aromatic N) is 3. The summed E-state index contributed by atoms with van der Waals surface area (Å²) < 4.78 is 0. The average molecular weight is 318 g/mol. The van der Waals surface area contributed by atoms with E-state index in [-0.39, 0.29) is 11.7 Å². The lowest BCUT2D eigenvalue weighted by Gasteiger charge is -2.35. The number of thiazole rings is 1. The summed E-state index contributed by atoms with van der Waals surface area (Å²) in [5.41, 5.74) is 7.08. The number of aromatic hydroxyl groups is 1. The van der Waals surface area contributed by atoms with Gasteiger partial charge in [-0.3, -0.25) is 4.79 Å². The van der Waals surface area contributed by atoms with Gasteiger partial charge < -0.3 is 20.6 Å². The van der Waals surface area contributed by atoms with Gasteiger partial charge in [-0.15, -0.1) is 11.3 Å². The average Bonchev–Trinajstić information content (AvgIpc) is 3.04. The van der Waals surface area contributed by atoms with Crippen molar-refractivity contribution in [1.82, 2.24) is 9.88 Å². The van der Waals surface area contributed by atoms with Crippen LogP contribution in [0.2, 0.25) is 0 Å². The molecule has 1 fully saturated rings. The molecule has 0 saturated carbocycles. The molecule has 1 aliphatic heterocycles. The molecule has 0 aliphatic carbocycles. The molecule has 7 heteroatoms. The predicted octanol–water partition coefficient (Wildman–Crippen LogP) is 1.27. The van der Waals surface area contributed by atoms with Crippen LogP contribution in [0.15, 0.2) is 29.6 Å². The highest BCUT2D eigenvalue weighted by atomic mass is 32.1. The van der Waals surface area contributed by atoms with E-state index in [1.807, 2.05) is 17.0 Å². The van der Waals surface area contributed by atoms with Crippen LogP contribution in [-0.2, 0) is 6.54 Å². The number of hydrogen-bond donors (Lipinski definition) is 2. The molecule has 3 N–H and O–H groups in total. The van der Waals surface area contributed by atoms with Gasteiger partial charge in [0.1, 0.15) is 16.5 Å². The molecule has 2 aromatic rings. The van der Waals surface area contributed by atoms with Gasteiger partial charge in [-0.05, 0) is 24.3 Å². The van der Waals surface area contributed by atoms with Crippen molar-refractivity contribution in [2.75, 3.05) is 31.1 Å². The van der Waals surface area contributed by atoms with Gasteiger partial charge >= 0.3 is 0 Å². The lowest BCUT2D eigenvalue weighted by atomic mass is 10.2. The quantitative estimate of drug-likeness (QED) is 0.890. The largest absolute Gasteiger partial charge is 0.508 e. The first-order valence-electron chi connectivity index (χ1n) is 7.15. The molecule has 6 nitrogen and oxygen atoms in total. The van der Waals surface area contributed by atoms with E-state index in [2.05, 4.69) is 9.88 Å². The Bertz CT molecular complexity index is 648. The number of nitrogens with two attached hydrogens (primary N) is 1. The summed E-state index contributed by atoms with van der Waals surface area (Å²) in [5.74, 6) is 0.234. The van der Waals surface area contributed by atoms with Crippen molar-refractivity contribution in [2.45, 2.75) is 6.54 Å². The number of piperazine rings is 1. The van der Waals surface area contributed by atoms with E-state index in [1.165, 1.54) is 11.3 Å². The standard InChI is InChI=1S/C15H18N4O2S/c16-9-14-17-13(10-22-14)15(21)19-7-5-18(6-8-19)11-1-3-12(20)4-2-11/h1-4,10,20H,5-9,16H2.